The summed E-state index contributed by atoms with van der Waals surface area (Å²) < 4.78 is 9.61. The van der Waals surface area contributed by atoms with Crippen LogP contribution in [0.5, 0.6) is 5.88 Å². The Morgan fingerprint density at radius 2 is 2.25 bits per heavy atom. The number of hydrogen-bond acceptors (Lipinski definition) is 5. The molecule has 1 aromatic rings. The third kappa shape index (κ3) is 3.91. The molecular formula is C11H12N2O3. The van der Waals surface area contributed by atoms with Crippen LogP contribution in [0.3, 0.4) is 0 Å². The van der Waals surface area contributed by atoms with E-state index in [0.717, 1.165) is 0 Å². The maximum absolute atomic E-state index is 11.3. The van der Waals surface area contributed by atoms with Gasteiger partial charge >= 0.3 is 6.16 Å². The van der Waals surface area contributed by atoms with Gasteiger partial charge < -0.3 is 9.47 Å². The van der Waals surface area contributed by atoms with Gasteiger partial charge in [-0.2, -0.15) is 0 Å². The van der Waals surface area contributed by atoms with Gasteiger partial charge in [0.05, 0.1) is 0 Å². The highest BCUT2D eigenvalue weighted by Gasteiger charge is 2.08. The van der Waals surface area contributed by atoms with Gasteiger partial charge in [0.1, 0.15) is 0 Å². The quantitative estimate of drug-likeness (QED) is 0.446. The summed E-state index contributed by atoms with van der Waals surface area (Å²) in [6.07, 6.45) is 3.73. The van der Waals surface area contributed by atoms with Crippen LogP contribution in [-0.2, 0) is 4.74 Å². The Bertz CT molecular complexity index is 399. The van der Waals surface area contributed by atoms with E-state index in [4.69, 9.17) is 9.47 Å². The van der Waals surface area contributed by atoms with Gasteiger partial charge in [-0.05, 0) is 26.0 Å². The van der Waals surface area contributed by atoms with Gasteiger partial charge in [0.15, 0.2) is 0 Å². The Labute approximate surface area is 93.4 Å². The molecule has 1 aromatic heterocycles. The molecule has 0 aliphatic heterocycles. The van der Waals surface area contributed by atoms with Gasteiger partial charge in [0.25, 0.3) is 0 Å². The fourth-order valence-corrected chi connectivity index (χ4v) is 0.886. The zero-order chi connectivity index (χ0) is 11.8. The maximum atomic E-state index is 11.3. The number of allylic oxidation sites excluding steroid dienone is 1. The molecule has 0 bridgehead atoms. The average molecular weight is 220 g/mol. The molecule has 0 atom stereocenters. The van der Waals surface area contributed by atoms with Crippen LogP contribution in [0, 0.1) is 0 Å². The molecule has 5 nitrogen and oxygen atoms in total. The first-order valence-corrected chi connectivity index (χ1v) is 4.72. The molecule has 0 fully saturated rings. The van der Waals surface area contributed by atoms with Crippen LogP contribution >= 0.6 is 0 Å². The van der Waals surface area contributed by atoms with Crippen molar-refractivity contribution in [2.75, 3.05) is 0 Å². The minimum Gasteiger partial charge on any atom is -0.376 e. The first-order chi connectivity index (χ1) is 7.76. The smallest absolute Gasteiger partial charge is 0.376 e. The fourth-order valence-electron chi connectivity index (χ4n) is 0.886. The van der Waals surface area contributed by atoms with Gasteiger partial charge in [-0.15, -0.1) is 0 Å². The summed E-state index contributed by atoms with van der Waals surface area (Å²) in [5, 5.41) is 0. The number of aliphatic imine (C=N–C) groups is 1. The molecule has 0 aliphatic rings. The Morgan fingerprint density at radius 3 is 2.81 bits per heavy atom. The number of aromatic nitrogens is 1. The SMILES string of the molecule is C/C=N\C(=C/C)OC(=O)Oc1ccccn1. The van der Waals surface area contributed by atoms with Crippen molar-refractivity contribution in [3.63, 3.8) is 0 Å². The summed E-state index contributed by atoms with van der Waals surface area (Å²) in [6, 6.07) is 4.98. The van der Waals surface area contributed by atoms with E-state index in [1.807, 2.05) is 0 Å². The molecule has 0 saturated heterocycles. The van der Waals surface area contributed by atoms with Crippen molar-refractivity contribution in [2.24, 2.45) is 4.99 Å². The summed E-state index contributed by atoms with van der Waals surface area (Å²) in [4.78, 5) is 18.9. The number of carbonyl (C=O) groups excluding carboxylic acids is 1. The van der Waals surface area contributed by atoms with Crippen molar-refractivity contribution < 1.29 is 14.3 Å². The summed E-state index contributed by atoms with van der Waals surface area (Å²) in [5.74, 6) is 0.367. The molecule has 1 rings (SSSR count). The predicted molar refractivity (Wildman–Crippen MR) is 59.3 cm³/mol. The second-order valence-electron chi connectivity index (χ2n) is 2.64. The van der Waals surface area contributed by atoms with Gasteiger partial charge in [-0.25, -0.2) is 14.8 Å². The van der Waals surface area contributed by atoms with E-state index in [9.17, 15) is 4.79 Å². The van der Waals surface area contributed by atoms with E-state index in [0.29, 0.717) is 0 Å². The number of ether oxygens (including phenoxy) is 2. The Hall–Kier alpha value is -2.17. The molecular weight excluding hydrogens is 208 g/mol. The predicted octanol–water partition coefficient (Wildman–Crippen LogP) is 2.55. The molecule has 84 valence electrons. The molecule has 0 N–H and O–H groups in total. The molecule has 0 unspecified atom stereocenters. The topological polar surface area (TPSA) is 60.8 Å². The number of rotatable bonds is 3. The van der Waals surface area contributed by atoms with E-state index in [2.05, 4.69) is 9.98 Å². The average Bonchev–Trinajstić information content (AvgIpc) is 2.29. The number of carbonyl (C=O) groups is 1. The Balaban J connectivity index is 2.54. The third-order valence-corrected chi connectivity index (χ3v) is 1.52. The molecule has 0 radical (unpaired) electrons. The molecule has 5 heteroatoms. The molecule has 16 heavy (non-hydrogen) atoms. The molecule has 0 aromatic carbocycles. The van der Waals surface area contributed by atoms with E-state index in [1.54, 1.807) is 38.1 Å². The first-order valence-electron chi connectivity index (χ1n) is 4.72. The lowest BCUT2D eigenvalue weighted by atomic mass is 10.5. The molecule has 1 heterocycles. The van der Waals surface area contributed by atoms with E-state index >= 15 is 0 Å². The highest BCUT2D eigenvalue weighted by Crippen LogP contribution is 2.07. The van der Waals surface area contributed by atoms with E-state index < -0.39 is 6.16 Å². The Morgan fingerprint density at radius 1 is 1.44 bits per heavy atom. The van der Waals surface area contributed by atoms with Crippen molar-refractivity contribution in [1.82, 2.24) is 4.98 Å². The molecule has 0 aliphatic carbocycles. The second kappa shape index (κ2) is 6.34. The van der Waals surface area contributed by atoms with Gasteiger partial charge in [-0.1, -0.05) is 6.07 Å². The zero-order valence-corrected chi connectivity index (χ0v) is 9.08. The van der Waals surface area contributed by atoms with Crippen LogP contribution in [0.1, 0.15) is 13.8 Å². The molecule has 0 spiro atoms. The molecule has 0 saturated carbocycles. The van der Waals surface area contributed by atoms with Crippen molar-refractivity contribution in [2.45, 2.75) is 13.8 Å². The van der Waals surface area contributed by atoms with Crippen LogP contribution in [0.15, 0.2) is 41.3 Å². The highest BCUT2D eigenvalue weighted by atomic mass is 16.7. The van der Waals surface area contributed by atoms with Gasteiger partial charge in [0, 0.05) is 18.5 Å². The van der Waals surface area contributed by atoms with Crippen LogP contribution in [0.25, 0.3) is 0 Å². The van der Waals surface area contributed by atoms with Crippen molar-refractivity contribution in [1.29, 1.82) is 0 Å². The van der Waals surface area contributed by atoms with Gasteiger partial charge in [0.2, 0.25) is 11.8 Å². The summed E-state index contributed by atoms with van der Waals surface area (Å²) in [6.45, 7) is 3.42. The van der Waals surface area contributed by atoms with Crippen molar-refractivity contribution in [3.8, 4) is 5.88 Å². The van der Waals surface area contributed by atoms with Gasteiger partial charge in [-0.3, -0.25) is 0 Å². The third-order valence-electron chi connectivity index (χ3n) is 1.52. The zero-order valence-electron chi connectivity index (χ0n) is 9.08. The van der Waals surface area contributed by atoms with Crippen molar-refractivity contribution in [3.05, 3.63) is 36.4 Å². The standard InChI is InChI=1S/C11H12N2O3/c1-3-9(12-4-2)15-11(14)16-10-7-5-6-8-13-10/h3-8H,1-2H3/b9-3+,12-4-. The Kier molecular flexibility index (Phi) is 4.72. The number of pyridine rings is 1. The minimum absolute atomic E-state index is 0.184. The lowest BCUT2D eigenvalue weighted by molar-refractivity contribution is 0.124. The second-order valence-corrected chi connectivity index (χ2v) is 2.64. The maximum Gasteiger partial charge on any atom is 0.522 e. The lowest BCUT2D eigenvalue weighted by Crippen LogP contribution is -2.10. The fraction of sp³-hybridized carbons (Fsp3) is 0.182. The molecule has 0 amide bonds. The normalized spacial score (nSPS) is 11.5. The van der Waals surface area contributed by atoms with E-state index in [-0.39, 0.29) is 11.8 Å². The summed E-state index contributed by atoms with van der Waals surface area (Å²) >= 11 is 0. The first kappa shape index (κ1) is 11.9. The van der Waals surface area contributed by atoms with Crippen molar-refractivity contribution >= 4 is 12.4 Å². The lowest BCUT2D eigenvalue weighted by Gasteiger charge is -2.03. The van der Waals surface area contributed by atoms with Crippen LogP contribution in [-0.4, -0.2) is 17.4 Å². The van der Waals surface area contributed by atoms with Crippen LogP contribution in [0.4, 0.5) is 4.79 Å². The highest BCUT2D eigenvalue weighted by molar-refractivity contribution is 5.65. The largest absolute Gasteiger partial charge is 0.522 e. The summed E-state index contributed by atoms with van der Waals surface area (Å²) in [7, 11) is 0. The van der Waals surface area contributed by atoms with Crippen LogP contribution < -0.4 is 4.74 Å². The minimum atomic E-state index is -0.864. The number of nitrogens with zero attached hydrogens (tertiary/aromatic N) is 2. The summed E-state index contributed by atoms with van der Waals surface area (Å²) in [5.41, 5.74) is 0. The monoisotopic (exact) mass is 220 g/mol. The van der Waals surface area contributed by atoms with Crippen LogP contribution in [0.2, 0.25) is 0 Å². The van der Waals surface area contributed by atoms with E-state index in [1.165, 1.54) is 12.4 Å². The number of hydrogen-bond donors (Lipinski definition) is 0.